The van der Waals surface area contributed by atoms with Crippen LogP contribution in [0.25, 0.3) is 0 Å². The summed E-state index contributed by atoms with van der Waals surface area (Å²) >= 11 is 0. The van der Waals surface area contributed by atoms with Crippen LogP contribution >= 0.6 is 0 Å². The molecule has 0 radical (unpaired) electrons. The zero-order valence-electron chi connectivity index (χ0n) is 18.9. The summed E-state index contributed by atoms with van der Waals surface area (Å²) in [5.41, 5.74) is 1.42. The molecule has 1 aliphatic heterocycles. The Bertz CT molecular complexity index is 1070. The molecule has 2 aromatic rings. The number of hydrogen-bond acceptors (Lipinski definition) is 6. The fourth-order valence-corrected chi connectivity index (χ4v) is 5.07. The van der Waals surface area contributed by atoms with E-state index in [0.29, 0.717) is 36.4 Å². The summed E-state index contributed by atoms with van der Waals surface area (Å²) in [6.07, 6.45) is 3.25. The first-order valence-electron chi connectivity index (χ1n) is 10.9. The fourth-order valence-electron chi connectivity index (χ4n) is 4.32. The molecule has 1 spiro atoms. The second-order valence-corrected chi connectivity index (χ2v) is 15.2. The van der Waals surface area contributed by atoms with Gasteiger partial charge < -0.3 is 9.47 Å². The highest BCUT2D eigenvalue weighted by Gasteiger charge is 2.55. The van der Waals surface area contributed by atoms with Crippen molar-refractivity contribution in [3.63, 3.8) is 0 Å². The van der Waals surface area contributed by atoms with Gasteiger partial charge in [0, 0.05) is 38.6 Å². The Hall–Kier alpha value is -2.65. The van der Waals surface area contributed by atoms with Crippen LogP contribution in [0.2, 0.25) is 25.7 Å². The molecule has 32 heavy (non-hydrogen) atoms. The normalized spacial score (nSPS) is 19.4. The zero-order chi connectivity index (χ0) is 23.1. The van der Waals surface area contributed by atoms with Crippen LogP contribution in [0.5, 0.6) is 0 Å². The molecule has 2 aromatic heterocycles. The van der Waals surface area contributed by atoms with E-state index in [-0.39, 0.29) is 19.2 Å². The highest BCUT2D eigenvalue weighted by molar-refractivity contribution is 6.76. The minimum absolute atomic E-state index is 0.0779. The van der Waals surface area contributed by atoms with E-state index >= 15 is 0 Å². The maximum Gasteiger partial charge on any atom is 0.339 e. The third kappa shape index (κ3) is 4.06. The van der Waals surface area contributed by atoms with Gasteiger partial charge in [-0.3, -0.25) is 14.7 Å². The summed E-state index contributed by atoms with van der Waals surface area (Å²) in [5, 5.41) is 0. The molecule has 0 fully saturated rings. The average molecular weight is 458 g/mol. The van der Waals surface area contributed by atoms with Crippen molar-refractivity contribution < 1.29 is 23.5 Å². The predicted molar refractivity (Wildman–Crippen MR) is 120 cm³/mol. The van der Waals surface area contributed by atoms with Crippen LogP contribution in [-0.4, -0.2) is 49.9 Å². The first kappa shape index (κ1) is 22.5. The van der Waals surface area contributed by atoms with Gasteiger partial charge in [-0.05, 0) is 37.1 Å². The molecule has 2 aliphatic rings. The molecule has 7 nitrogen and oxygen atoms in total. The van der Waals surface area contributed by atoms with Crippen LogP contribution in [0.1, 0.15) is 34.1 Å². The third-order valence-corrected chi connectivity index (χ3v) is 7.71. The monoisotopic (exact) mass is 457 g/mol. The van der Waals surface area contributed by atoms with E-state index < -0.39 is 25.3 Å². The van der Waals surface area contributed by atoms with Crippen LogP contribution in [0.4, 0.5) is 10.2 Å². The van der Waals surface area contributed by atoms with E-state index in [0.717, 1.165) is 23.5 Å². The van der Waals surface area contributed by atoms with Gasteiger partial charge in [0.15, 0.2) is 0 Å². The van der Waals surface area contributed by atoms with E-state index in [1.165, 1.54) is 17.2 Å². The SMILES string of the molecule is CCOC(=O)c1cnc2c(c1)C[C@@]1(C2)C(=O)N(COCC[Si](C)(C)C)c2ncc(F)cc21. The van der Waals surface area contributed by atoms with Crippen molar-refractivity contribution in [1.29, 1.82) is 0 Å². The number of halogens is 1. The molecular weight excluding hydrogens is 429 g/mol. The number of ether oxygens (including phenoxy) is 2. The standard InChI is InChI=1S/C23H28FN3O4Si/c1-5-31-21(28)16-8-15-10-23(11-19(15)25-12-16)18-9-17(24)13-26-20(18)27(22(23)29)14-30-6-7-32(2,3)4/h8-9,12-13H,5-7,10-11,14H2,1-4H3/t23-/m0/s1. The van der Waals surface area contributed by atoms with Crippen LogP contribution in [0.3, 0.4) is 0 Å². The lowest BCUT2D eigenvalue weighted by molar-refractivity contribution is -0.124. The second-order valence-electron chi connectivity index (χ2n) is 9.59. The van der Waals surface area contributed by atoms with Crippen LogP contribution < -0.4 is 4.90 Å². The highest BCUT2D eigenvalue weighted by atomic mass is 28.3. The summed E-state index contributed by atoms with van der Waals surface area (Å²) in [6, 6.07) is 4.10. The van der Waals surface area contributed by atoms with Gasteiger partial charge in [-0.1, -0.05) is 19.6 Å². The van der Waals surface area contributed by atoms with E-state index in [1.807, 2.05) is 0 Å². The van der Waals surface area contributed by atoms with Crippen molar-refractivity contribution in [2.24, 2.45) is 0 Å². The number of carbonyl (C=O) groups is 2. The average Bonchev–Trinajstić information content (AvgIpc) is 3.21. The van der Waals surface area contributed by atoms with Crippen molar-refractivity contribution in [3.8, 4) is 0 Å². The molecule has 1 atom stereocenters. The third-order valence-electron chi connectivity index (χ3n) is 6.01. The maximum absolute atomic E-state index is 14.2. The van der Waals surface area contributed by atoms with Gasteiger partial charge in [0.2, 0.25) is 5.91 Å². The number of rotatable bonds is 7. The minimum Gasteiger partial charge on any atom is -0.462 e. The van der Waals surface area contributed by atoms with E-state index in [2.05, 4.69) is 29.6 Å². The van der Waals surface area contributed by atoms with E-state index in [4.69, 9.17) is 9.47 Å². The number of esters is 1. The molecule has 1 aliphatic carbocycles. The minimum atomic E-state index is -1.27. The Morgan fingerprint density at radius 1 is 1.22 bits per heavy atom. The Morgan fingerprint density at radius 2 is 2.00 bits per heavy atom. The number of anilines is 1. The number of amides is 1. The molecule has 170 valence electrons. The fraction of sp³-hybridized carbons (Fsp3) is 0.478. The van der Waals surface area contributed by atoms with Gasteiger partial charge in [-0.15, -0.1) is 0 Å². The molecule has 0 unspecified atom stereocenters. The number of fused-ring (bicyclic) bond motifs is 3. The molecule has 0 saturated carbocycles. The van der Waals surface area contributed by atoms with Gasteiger partial charge in [-0.25, -0.2) is 14.2 Å². The Morgan fingerprint density at radius 3 is 2.72 bits per heavy atom. The number of nitrogens with zero attached hydrogens (tertiary/aromatic N) is 3. The van der Waals surface area contributed by atoms with E-state index in [9.17, 15) is 14.0 Å². The van der Waals surface area contributed by atoms with Crippen molar-refractivity contribution in [1.82, 2.24) is 9.97 Å². The van der Waals surface area contributed by atoms with Crippen molar-refractivity contribution >= 4 is 25.8 Å². The van der Waals surface area contributed by atoms with Gasteiger partial charge in [0.1, 0.15) is 18.4 Å². The Balaban J connectivity index is 1.62. The molecule has 4 rings (SSSR count). The van der Waals surface area contributed by atoms with E-state index in [1.54, 1.807) is 13.0 Å². The van der Waals surface area contributed by atoms with Gasteiger partial charge in [-0.2, -0.15) is 0 Å². The molecule has 3 heterocycles. The lowest BCUT2D eigenvalue weighted by Crippen LogP contribution is -2.42. The molecule has 0 N–H and O–H groups in total. The quantitative estimate of drug-likeness (QED) is 0.360. The lowest BCUT2D eigenvalue weighted by Gasteiger charge is -2.23. The molecule has 0 bridgehead atoms. The van der Waals surface area contributed by atoms with Crippen molar-refractivity contribution in [3.05, 3.63) is 52.7 Å². The Labute approximate surface area is 188 Å². The first-order chi connectivity index (χ1) is 15.1. The van der Waals surface area contributed by atoms with Crippen LogP contribution in [0, 0.1) is 5.82 Å². The van der Waals surface area contributed by atoms with Crippen LogP contribution in [-0.2, 0) is 32.5 Å². The molecular formula is C23H28FN3O4Si. The lowest BCUT2D eigenvalue weighted by atomic mass is 9.79. The zero-order valence-corrected chi connectivity index (χ0v) is 19.9. The summed E-state index contributed by atoms with van der Waals surface area (Å²) in [6.45, 7) is 9.44. The molecule has 1 amide bonds. The smallest absolute Gasteiger partial charge is 0.339 e. The largest absolute Gasteiger partial charge is 0.462 e. The molecule has 0 saturated heterocycles. The number of aromatic nitrogens is 2. The van der Waals surface area contributed by atoms with Crippen molar-refractivity contribution in [2.75, 3.05) is 24.8 Å². The summed E-state index contributed by atoms with van der Waals surface area (Å²) in [7, 11) is -1.27. The molecule has 0 aromatic carbocycles. The summed E-state index contributed by atoms with van der Waals surface area (Å²) < 4.78 is 25.1. The predicted octanol–water partition coefficient (Wildman–Crippen LogP) is 3.49. The van der Waals surface area contributed by atoms with Gasteiger partial charge in [0.05, 0.1) is 23.8 Å². The first-order valence-corrected chi connectivity index (χ1v) is 14.6. The van der Waals surface area contributed by atoms with Crippen LogP contribution in [0.15, 0.2) is 24.5 Å². The molecule has 9 heteroatoms. The summed E-state index contributed by atoms with van der Waals surface area (Å²) in [5.74, 6) is -0.683. The number of pyridine rings is 2. The maximum atomic E-state index is 14.2. The topological polar surface area (TPSA) is 81.6 Å². The number of hydrogen-bond donors (Lipinski definition) is 0. The van der Waals surface area contributed by atoms with Gasteiger partial charge >= 0.3 is 5.97 Å². The number of carbonyl (C=O) groups excluding carboxylic acids is 2. The Kier molecular flexibility index (Phi) is 5.89. The van der Waals surface area contributed by atoms with Gasteiger partial charge in [0.25, 0.3) is 0 Å². The summed E-state index contributed by atoms with van der Waals surface area (Å²) in [4.78, 5) is 35.9. The van der Waals surface area contributed by atoms with Crippen molar-refractivity contribution in [2.45, 2.75) is 50.9 Å². The second kappa shape index (κ2) is 8.36. The highest BCUT2D eigenvalue weighted by Crippen LogP contribution is 2.48.